The second kappa shape index (κ2) is 6.84. The van der Waals surface area contributed by atoms with Gasteiger partial charge in [-0.15, -0.1) is 0 Å². The number of allylic oxidation sites excluding steroid dienone is 2. The molecule has 2 aliphatic rings. The Bertz CT molecular complexity index is 857. The zero-order valence-electron chi connectivity index (χ0n) is 14.8. The molecule has 0 heterocycles. The van der Waals surface area contributed by atoms with Crippen LogP contribution in [0.3, 0.4) is 0 Å². The van der Waals surface area contributed by atoms with Crippen LogP contribution in [-0.2, 0) is 26.9 Å². The first kappa shape index (κ1) is 17.2. The van der Waals surface area contributed by atoms with Crippen molar-refractivity contribution in [1.29, 1.82) is 0 Å². The van der Waals surface area contributed by atoms with Gasteiger partial charge in [-0.05, 0) is 43.4 Å². The topological polar surface area (TPSA) is 43.4 Å². The summed E-state index contributed by atoms with van der Waals surface area (Å²) in [5.41, 5.74) is 2.05. The molecule has 134 valence electrons. The zero-order valence-corrected chi connectivity index (χ0v) is 15.6. The average molecular weight is 366 g/mol. The van der Waals surface area contributed by atoms with Gasteiger partial charge in [0.05, 0.1) is 10.8 Å². The number of aryl methyl sites for hydroxylation is 1. The van der Waals surface area contributed by atoms with Crippen LogP contribution in [0.1, 0.15) is 24.0 Å². The summed E-state index contributed by atoms with van der Waals surface area (Å²) in [6.07, 6.45) is 5.70. The highest BCUT2D eigenvalue weighted by molar-refractivity contribution is 7.87. The number of esters is 1. The molecule has 0 aliphatic heterocycles. The van der Waals surface area contributed by atoms with Crippen LogP contribution < -0.4 is 0 Å². The van der Waals surface area contributed by atoms with Crippen LogP contribution in [0.15, 0.2) is 71.6 Å². The van der Waals surface area contributed by atoms with Crippen molar-refractivity contribution in [2.75, 3.05) is 0 Å². The van der Waals surface area contributed by atoms with Gasteiger partial charge in [-0.1, -0.05) is 60.2 Å². The summed E-state index contributed by atoms with van der Waals surface area (Å²) in [6.45, 7) is 2.21. The van der Waals surface area contributed by atoms with E-state index in [2.05, 4.69) is 12.2 Å². The number of ether oxygens (including phenoxy) is 1. The molecule has 0 aromatic heterocycles. The Morgan fingerprint density at radius 2 is 1.85 bits per heavy atom. The largest absolute Gasteiger partial charge is 0.460 e. The number of fused-ring (bicyclic) bond motifs is 2. The van der Waals surface area contributed by atoms with E-state index in [4.69, 9.17) is 4.74 Å². The molecule has 0 amide bonds. The van der Waals surface area contributed by atoms with Crippen LogP contribution in [0.5, 0.6) is 0 Å². The molecule has 2 aliphatic carbocycles. The van der Waals surface area contributed by atoms with Gasteiger partial charge in [0.2, 0.25) is 0 Å². The maximum atomic E-state index is 13.5. The SMILES string of the molecule is Cc1ccc([S@](=O)[C@]2(C(=O)OCc3ccccc3)C[C@H]3C=C[C@@H]2C3)cc1. The number of carbonyl (C=O) groups is 1. The summed E-state index contributed by atoms with van der Waals surface area (Å²) in [6, 6.07) is 17.3. The number of hydrogen-bond acceptors (Lipinski definition) is 3. The fourth-order valence-electron chi connectivity index (χ4n) is 4.05. The smallest absolute Gasteiger partial charge is 0.326 e. The van der Waals surface area contributed by atoms with Gasteiger partial charge >= 0.3 is 5.97 Å². The highest BCUT2D eigenvalue weighted by Gasteiger charge is 2.59. The van der Waals surface area contributed by atoms with Crippen LogP contribution in [0.25, 0.3) is 0 Å². The van der Waals surface area contributed by atoms with Gasteiger partial charge in [-0.3, -0.25) is 9.00 Å². The van der Waals surface area contributed by atoms with Crippen LogP contribution in [0.2, 0.25) is 0 Å². The first-order valence-corrected chi connectivity index (χ1v) is 10.1. The molecule has 2 aromatic carbocycles. The molecule has 4 heteroatoms. The molecule has 1 fully saturated rings. The number of hydrogen-bond donors (Lipinski definition) is 0. The van der Waals surface area contributed by atoms with E-state index in [1.807, 2.05) is 61.5 Å². The Hall–Kier alpha value is -2.20. The molecule has 4 rings (SSSR count). The molecule has 3 nitrogen and oxygen atoms in total. The Labute approximate surface area is 156 Å². The maximum Gasteiger partial charge on any atom is 0.326 e. The van der Waals surface area contributed by atoms with E-state index < -0.39 is 15.5 Å². The van der Waals surface area contributed by atoms with Gasteiger partial charge in [0.1, 0.15) is 6.61 Å². The summed E-state index contributed by atoms with van der Waals surface area (Å²) in [7, 11) is -1.44. The van der Waals surface area contributed by atoms with Crippen molar-refractivity contribution in [1.82, 2.24) is 0 Å². The van der Waals surface area contributed by atoms with Gasteiger partial charge in [-0.25, -0.2) is 0 Å². The van der Waals surface area contributed by atoms with Crippen molar-refractivity contribution < 1.29 is 13.7 Å². The molecule has 1 saturated carbocycles. The van der Waals surface area contributed by atoms with Gasteiger partial charge in [-0.2, -0.15) is 0 Å². The normalized spacial score (nSPS) is 27.4. The Kier molecular flexibility index (Phi) is 4.53. The minimum Gasteiger partial charge on any atom is -0.460 e. The molecule has 2 bridgehead atoms. The zero-order chi connectivity index (χ0) is 18.1. The predicted octanol–water partition coefficient (Wildman–Crippen LogP) is 4.18. The minimum absolute atomic E-state index is 0.0158. The monoisotopic (exact) mass is 366 g/mol. The minimum atomic E-state index is -1.44. The lowest BCUT2D eigenvalue weighted by molar-refractivity contribution is -0.148. The Morgan fingerprint density at radius 3 is 2.46 bits per heavy atom. The fourth-order valence-corrected chi connectivity index (χ4v) is 5.88. The lowest BCUT2D eigenvalue weighted by Crippen LogP contribution is -2.47. The molecule has 0 spiro atoms. The summed E-state index contributed by atoms with van der Waals surface area (Å²) >= 11 is 0. The molecule has 0 unspecified atom stereocenters. The van der Waals surface area contributed by atoms with Crippen molar-refractivity contribution in [3.05, 3.63) is 77.9 Å². The molecular formula is C22H22O3S. The lowest BCUT2D eigenvalue weighted by Gasteiger charge is -2.32. The summed E-state index contributed by atoms with van der Waals surface area (Å²) in [5, 5.41) is 0. The van der Waals surface area contributed by atoms with Crippen molar-refractivity contribution in [2.24, 2.45) is 11.8 Å². The summed E-state index contributed by atoms with van der Waals surface area (Å²) in [5.74, 6) is -0.0336. The van der Waals surface area contributed by atoms with Gasteiger partial charge in [0.15, 0.2) is 4.75 Å². The van der Waals surface area contributed by atoms with Gasteiger partial charge < -0.3 is 4.74 Å². The van der Waals surface area contributed by atoms with E-state index in [-0.39, 0.29) is 18.5 Å². The highest BCUT2D eigenvalue weighted by Crippen LogP contribution is 2.51. The summed E-state index contributed by atoms with van der Waals surface area (Å²) < 4.78 is 18.2. The molecule has 2 aromatic rings. The molecule has 0 N–H and O–H groups in total. The molecule has 0 saturated heterocycles. The van der Waals surface area contributed by atoms with E-state index in [1.54, 1.807) is 0 Å². The van der Waals surface area contributed by atoms with Crippen LogP contribution in [-0.4, -0.2) is 14.9 Å². The molecule has 0 radical (unpaired) electrons. The van der Waals surface area contributed by atoms with Gasteiger partial charge in [0, 0.05) is 10.8 Å². The second-order valence-electron chi connectivity index (χ2n) is 7.22. The fraction of sp³-hybridized carbons (Fsp3) is 0.318. The molecule has 26 heavy (non-hydrogen) atoms. The van der Waals surface area contributed by atoms with Crippen molar-refractivity contribution >= 4 is 16.8 Å². The van der Waals surface area contributed by atoms with Crippen molar-refractivity contribution in [3.63, 3.8) is 0 Å². The third-order valence-corrected chi connectivity index (χ3v) is 7.46. The van der Waals surface area contributed by atoms with E-state index in [0.717, 1.165) is 17.5 Å². The molecular weight excluding hydrogens is 344 g/mol. The van der Waals surface area contributed by atoms with Crippen molar-refractivity contribution in [3.8, 4) is 0 Å². The Morgan fingerprint density at radius 1 is 1.12 bits per heavy atom. The van der Waals surface area contributed by atoms with E-state index in [0.29, 0.717) is 17.2 Å². The van der Waals surface area contributed by atoms with Crippen LogP contribution in [0.4, 0.5) is 0 Å². The first-order chi connectivity index (χ1) is 12.6. The standard InChI is InChI=1S/C22H22O3S/c1-16-7-11-20(12-8-16)26(24)22(14-18-9-10-19(22)13-18)21(23)25-15-17-5-3-2-4-6-17/h2-12,18-19H,13-15H2,1H3/t18-,19+,22+,26-/m0/s1. The number of carbonyl (C=O) groups excluding carboxylic acids is 1. The lowest BCUT2D eigenvalue weighted by atomic mass is 9.92. The Balaban J connectivity index is 1.62. The average Bonchev–Trinajstić information content (AvgIpc) is 3.29. The third-order valence-electron chi connectivity index (χ3n) is 5.46. The van der Waals surface area contributed by atoms with Crippen LogP contribution >= 0.6 is 0 Å². The van der Waals surface area contributed by atoms with E-state index in [9.17, 15) is 9.00 Å². The van der Waals surface area contributed by atoms with Gasteiger partial charge in [0.25, 0.3) is 0 Å². The quantitative estimate of drug-likeness (QED) is 0.589. The highest BCUT2D eigenvalue weighted by atomic mass is 32.2. The number of rotatable bonds is 5. The second-order valence-corrected chi connectivity index (χ2v) is 8.96. The van der Waals surface area contributed by atoms with E-state index >= 15 is 0 Å². The maximum absolute atomic E-state index is 13.5. The predicted molar refractivity (Wildman–Crippen MR) is 102 cm³/mol. The van der Waals surface area contributed by atoms with Crippen LogP contribution in [0, 0.1) is 18.8 Å². The first-order valence-electron chi connectivity index (χ1n) is 8.97. The van der Waals surface area contributed by atoms with Crippen molar-refractivity contribution in [2.45, 2.75) is 36.0 Å². The number of benzene rings is 2. The molecule has 4 atom stereocenters. The summed E-state index contributed by atoms with van der Waals surface area (Å²) in [4.78, 5) is 13.9. The van der Waals surface area contributed by atoms with E-state index in [1.165, 1.54) is 0 Å². The third kappa shape index (κ3) is 2.92.